The first kappa shape index (κ1) is 11.4. The van der Waals surface area contributed by atoms with E-state index in [1.807, 2.05) is 13.8 Å². The van der Waals surface area contributed by atoms with E-state index in [-0.39, 0.29) is 18.0 Å². The minimum Gasteiger partial charge on any atom is -0.350 e. The first-order valence-corrected chi connectivity index (χ1v) is 4.38. The lowest BCUT2D eigenvalue weighted by atomic mass is 9.93. The van der Waals surface area contributed by atoms with E-state index in [4.69, 9.17) is 5.73 Å². The van der Waals surface area contributed by atoms with Crippen LogP contribution in [0.25, 0.3) is 0 Å². The molecule has 0 rings (SSSR count). The second-order valence-corrected chi connectivity index (χ2v) is 4.23. The summed E-state index contributed by atoms with van der Waals surface area (Å²) < 4.78 is 0. The molecular weight excluding hydrogens is 152 g/mol. The number of hydrogen-bond acceptors (Lipinski definition) is 2. The van der Waals surface area contributed by atoms with Crippen molar-refractivity contribution >= 4 is 5.91 Å². The molecule has 0 bridgehead atoms. The number of carbonyl (C=O) groups excluding carboxylic acids is 1. The van der Waals surface area contributed by atoms with Crippen molar-refractivity contribution in [2.24, 2.45) is 11.7 Å². The summed E-state index contributed by atoms with van der Waals surface area (Å²) in [5.74, 6) is 0.499. The van der Waals surface area contributed by atoms with E-state index in [1.54, 1.807) is 0 Å². The molecule has 0 unspecified atom stereocenters. The van der Waals surface area contributed by atoms with Crippen LogP contribution < -0.4 is 11.1 Å². The van der Waals surface area contributed by atoms with Crippen molar-refractivity contribution < 1.29 is 4.79 Å². The maximum Gasteiger partial charge on any atom is 0.234 e. The molecule has 0 spiro atoms. The minimum absolute atomic E-state index is 0.0710. The van der Waals surface area contributed by atoms with Crippen molar-refractivity contribution in [3.05, 3.63) is 0 Å². The molecule has 12 heavy (non-hydrogen) atoms. The zero-order chi connectivity index (χ0) is 9.78. The van der Waals surface area contributed by atoms with Gasteiger partial charge in [0, 0.05) is 5.54 Å². The Balaban J connectivity index is 3.94. The van der Waals surface area contributed by atoms with Crippen molar-refractivity contribution in [3.63, 3.8) is 0 Å². The molecule has 0 aromatic heterocycles. The molecule has 0 fully saturated rings. The normalized spacial score (nSPS) is 11.8. The molecule has 3 N–H and O–H groups in total. The fourth-order valence-corrected chi connectivity index (χ4v) is 1.50. The van der Waals surface area contributed by atoms with Gasteiger partial charge >= 0.3 is 0 Å². The predicted octanol–water partition coefficient (Wildman–Crippen LogP) is 0.886. The largest absolute Gasteiger partial charge is 0.350 e. The van der Waals surface area contributed by atoms with Crippen molar-refractivity contribution in [1.29, 1.82) is 0 Å². The van der Waals surface area contributed by atoms with Gasteiger partial charge in [0.25, 0.3) is 0 Å². The molecule has 0 aliphatic heterocycles. The molecule has 72 valence electrons. The van der Waals surface area contributed by atoms with Gasteiger partial charge in [0.1, 0.15) is 0 Å². The van der Waals surface area contributed by atoms with Gasteiger partial charge in [0.05, 0.1) is 6.54 Å². The smallest absolute Gasteiger partial charge is 0.234 e. The summed E-state index contributed by atoms with van der Waals surface area (Å²) in [5, 5.41) is 2.87. The molecule has 0 aromatic rings. The maximum absolute atomic E-state index is 11.0. The van der Waals surface area contributed by atoms with Gasteiger partial charge in [-0.15, -0.1) is 0 Å². The summed E-state index contributed by atoms with van der Waals surface area (Å²) in [4.78, 5) is 11.0. The average Bonchev–Trinajstić information content (AvgIpc) is 1.83. The molecule has 0 heterocycles. The maximum atomic E-state index is 11.0. The molecule has 0 saturated carbocycles. The van der Waals surface area contributed by atoms with Crippen molar-refractivity contribution in [1.82, 2.24) is 5.32 Å². The topological polar surface area (TPSA) is 55.1 Å². The fraction of sp³-hybridized carbons (Fsp3) is 0.889. The summed E-state index contributed by atoms with van der Waals surface area (Å²) in [6.45, 7) is 8.37. The van der Waals surface area contributed by atoms with Gasteiger partial charge in [-0.1, -0.05) is 13.8 Å². The van der Waals surface area contributed by atoms with Gasteiger partial charge in [-0.2, -0.15) is 0 Å². The second kappa shape index (κ2) is 4.45. The highest BCUT2D eigenvalue weighted by atomic mass is 16.1. The highest BCUT2D eigenvalue weighted by molar-refractivity contribution is 5.78. The second-order valence-electron chi connectivity index (χ2n) is 4.23. The molecule has 0 aliphatic carbocycles. The third-order valence-corrected chi connectivity index (χ3v) is 1.58. The fourth-order valence-electron chi connectivity index (χ4n) is 1.50. The Labute approximate surface area is 74.7 Å². The average molecular weight is 172 g/mol. The van der Waals surface area contributed by atoms with Gasteiger partial charge < -0.3 is 11.1 Å². The number of amides is 1. The van der Waals surface area contributed by atoms with E-state index in [9.17, 15) is 4.79 Å². The third-order valence-electron chi connectivity index (χ3n) is 1.58. The highest BCUT2D eigenvalue weighted by Gasteiger charge is 2.20. The van der Waals surface area contributed by atoms with E-state index in [0.29, 0.717) is 5.92 Å². The molecule has 0 aromatic carbocycles. The van der Waals surface area contributed by atoms with Crippen LogP contribution in [0.5, 0.6) is 0 Å². The molecule has 0 aliphatic rings. The summed E-state index contributed by atoms with van der Waals surface area (Å²) in [7, 11) is 0. The standard InChI is InChI=1S/C9H20N2O/c1-7(2)5-9(3,4)11-8(12)6-10/h7H,5-6,10H2,1-4H3,(H,11,12). The van der Waals surface area contributed by atoms with E-state index < -0.39 is 0 Å². The lowest BCUT2D eigenvalue weighted by Crippen LogP contribution is -2.46. The number of hydrogen-bond donors (Lipinski definition) is 2. The van der Waals surface area contributed by atoms with E-state index in [2.05, 4.69) is 19.2 Å². The van der Waals surface area contributed by atoms with Gasteiger partial charge in [-0.3, -0.25) is 4.79 Å². The quantitative estimate of drug-likeness (QED) is 0.661. The Kier molecular flexibility index (Phi) is 4.24. The van der Waals surface area contributed by atoms with E-state index in [1.165, 1.54) is 0 Å². The predicted molar refractivity (Wildman–Crippen MR) is 50.7 cm³/mol. The number of nitrogens with one attached hydrogen (secondary N) is 1. The van der Waals surface area contributed by atoms with Crippen molar-refractivity contribution in [3.8, 4) is 0 Å². The zero-order valence-corrected chi connectivity index (χ0v) is 8.48. The van der Waals surface area contributed by atoms with Crippen LogP contribution in [0.3, 0.4) is 0 Å². The number of nitrogens with two attached hydrogens (primary N) is 1. The Hall–Kier alpha value is -0.570. The van der Waals surface area contributed by atoms with E-state index in [0.717, 1.165) is 6.42 Å². The number of rotatable bonds is 4. The Morgan fingerprint density at radius 3 is 2.33 bits per heavy atom. The van der Waals surface area contributed by atoms with Crippen LogP contribution in [-0.2, 0) is 4.79 Å². The van der Waals surface area contributed by atoms with Crippen molar-refractivity contribution in [2.45, 2.75) is 39.7 Å². The SMILES string of the molecule is CC(C)CC(C)(C)NC(=O)CN. The summed E-state index contributed by atoms with van der Waals surface area (Å²) in [6.07, 6.45) is 0.971. The summed E-state index contributed by atoms with van der Waals surface area (Å²) >= 11 is 0. The molecule has 3 heteroatoms. The summed E-state index contributed by atoms with van der Waals surface area (Å²) in [5.41, 5.74) is 5.06. The van der Waals surface area contributed by atoms with Crippen molar-refractivity contribution in [2.75, 3.05) is 6.54 Å². The zero-order valence-electron chi connectivity index (χ0n) is 8.48. The van der Waals surface area contributed by atoms with Gasteiger partial charge in [-0.25, -0.2) is 0 Å². The van der Waals surface area contributed by atoms with Crippen LogP contribution in [0.1, 0.15) is 34.1 Å². The van der Waals surface area contributed by atoms with Crippen LogP contribution >= 0.6 is 0 Å². The van der Waals surface area contributed by atoms with Crippen LogP contribution in [0.15, 0.2) is 0 Å². The lowest BCUT2D eigenvalue weighted by molar-refractivity contribution is -0.121. The van der Waals surface area contributed by atoms with Gasteiger partial charge in [0.2, 0.25) is 5.91 Å². The van der Waals surface area contributed by atoms with E-state index >= 15 is 0 Å². The molecule has 3 nitrogen and oxygen atoms in total. The lowest BCUT2D eigenvalue weighted by Gasteiger charge is -2.27. The molecule has 0 radical (unpaired) electrons. The van der Waals surface area contributed by atoms with Crippen LogP contribution in [-0.4, -0.2) is 18.0 Å². The first-order valence-electron chi connectivity index (χ1n) is 4.38. The van der Waals surface area contributed by atoms with Crippen LogP contribution in [0, 0.1) is 5.92 Å². The Bertz CT molecular complexity index is 153. The summed E-state index contributed by atoms with van der Waals surface area (Å²) in [6, 6.07) is 0. The van der Waals surface area contributed by atoms with Gasteiger partial charge in [0.15, 0.2) is 0 Å². The van der Waals surface area contributed by atoms with Crippen LogP contribution in [0.2, 0.25) is 0 Å². The van der Waals surface area contributed by atoms with Crippen LogP contribution in [0.4, 0.5) is 0 Å². The number of carbonyl (C=O) groups is 1. The minimum atomic E-state index is -0.134. The molecular formula is C9H20N2O. The Morgan fingerprint density at radius 1 is 1.50 bits per heavy atom. The highest BCUT2D eigenvalue weighted by Crippen LogP contribution is 2.14. The third kappa shape index (κ3) is 5.13. The molecule has 0 atom stereocenters. The van der Waals surface area contributed by atoms with Gasteiger partial charge in [-0.05, 0) is 26.2 Å². The Morgan fingerprint density at radius 2 is 2.00 bits per heavy atom. The molecule has 1 amide bonds. The monoisotopic (exact) mass is 172 g/mol. The molecule has 0 saturated heterocycles. The first-order chi connectivity index (χ1) is 5.37.